The average molecular weight is 196 g/mol. The fraction of sp³-hybridized carbons (Fsp3) is 0.556. The molecular formula is C9H16N4O. The van der Waals surface area contributed by atoms with E-state index in [1.807, 2.05) is 14.0 Å². The lowest BCUT2D eigenvalue weighted by molar-refractivity contribution is 0.637. The van der Waals surface area contributed by atoms with E-state index in [9.17, 15) is 4.79 Å². The van der Waals surface area contributed by atoms with Gasteiger partial charge < -0.3 is 15.6 Å². The number of hydrogen-bond donors (Lipinski definition) is 3. The Balaban J connectivity index is 2.63. The van der Waals surface area contributed by atoms with Gasteiger partial charge >= 0.3 is 0 Å². The van der Waals surface area contributed by atoms with Gasteiger partial charge in [0.1, 0.15) is 11.6 Å². The molecule has 1 atom stereocenters. The summed E-state index contributed by atoms with van der Waals surface area (Å²) in [6.07, 6.45) is 0. The highest BCUT2D eigenvalue weighted by Crippen LogP contribution is 1.97. The average Bonchev–Trinajstić information content (AvgIpc) is 2.12. The Morgan fingerprint density at radius 3 is 2.93 bits per heavy atom. The van der Waals surface area contributed by atoms with Gasteiger partial charge in [-0.3, -0.25) is 4.79 Å². The van der Waals surface area contributed by atoms with E-state index in [1.165, 1.54) is 6.07 Å². The van der Waals surface area contributed by atoms with Crippen molar-refractivity contribution in [1.29, 1.82) is 0 Å². The van der Waals surface area contributed by atoms with Gasteiger partial charge in [0.2, 0.25) is 0 Å². The molecule has 0 aliphatic heterocycles. The van der Waals surface area contributed by atoms with Gasteiger partial charge in [-0.2, -0.15) is 0 Å². The fourth-order valence-corrected chi connectivity index (χ4v) is 1.03. The van der Waals surface area contributed by atoms with Gasteiger partial charge in [-0.15, -0.1) is 0 Å². The number of nitrogens with one attached hydrogen (secondary N) is 3. The summed E-state index contributed by atoms with van der Waals surface area (Å²) < 4.78 is 0. The molecule has 0 amide bonds. The van der Waals surface area contributed by atoms with Crippen molar-refractivity contribution in [3.63, 3.8) is 0 Å². The number of likely N-dealkylation sites (N-methyl/N-ethyl adjacent to an activating group) is 1. The van der Waals surface area contributed by atoms with Crippen LogP contribution in [-0.4, -0.2) is 29.6 Å². The molecule has 1 rings (SSSR count). The van der Waals surface area contributed by atoms with E-state index in [0.29, 0.717) is 17.7 Å². The third-order valence-electron chi connectivity index (χ3n) is 1.94. The topological polar surface area (TPSA) is 69.8 Å². The zero-order valence-corrected chi connectivity index (χ0v) is 8.72. The van der Waals surface area contributed by atoms with E-state index >= 15 is 0 Å². The van der Waals surface area contributed by atoms with Crippen LogP contribution in [-0.2, 0) is 0 Å². The van der Waals surface area contributed by atoms with Crippen LogP contribution in [0.2, 0.25) is 0 Å². The third-order valence-corrected chi connectivity index (χ3v) is 1.94. The van der Waals surface area contributed by atoms with Crippen LogP contribution < -0.4 is 16.2 Å². The molecule has 5 nitrogen and oxygen atoms in total. The number of aromatic nitrogens is 2. The van der Waals surface area contributed by atoms with Crippen LogP contribution in [0.5, 0.6) is 0 Å². The Bertz CT molecular complexity index is 347. The van der Waals surface area contributed by atoms with Crippen molar-refractivity contribution in [2.75, 3.05) is 18.9 Å². The van der Waals surface area contributed by atoms with Gasteiger partial charge in [-0.1, -0.05) is 0 Å². The minimum atomic E-state index is -0.128. The predicted octanol–water partition coefficient (Wildman–Crippen LogP) is 0.0981. The first-order chi connectivity index (χ1) is 6.61. The molecule has 1 unspecified atom stereocenters. The van der Waals surface area contributed by atoms with E-state index in [-0.39, 0.29) is 5.56 Å². The third kappa shape index (κ3) is 3.18. The van der Waals surface area contributed by atoms with E-state index < -0.39 is 0 Å². The molecule has 78 valence electrons. The highest BCUT2D eigenvalue weighted by molar-refractivity contribution is 5.32. The van der Waals surface area contributed by atoms with Gasteiger partial charge in [0.25, 0.3) is 5.56 Å². The van der Waals surface area contributed by atoms with Crippen molar-refractivity contribution >= 4 is 5.82 Å². The number of aryl methyl sites for hydroxylation is 1. The van der Waals surface area contributed by atoms with Gasteiger partial charge in [0.05, 0.1) is 0 Å². The molecule has 0 aromatic carbocycles. The molecule has 1 aromatic rings. The van der Waals surface area contributed by atoms with Crippen LogP contribution in [0.15, 0.2) is 10.9 Å². The molecule has 0 radical (unpaired) electrons. The molecule has 14 heavy (non-hydrogen) atoms. The largest absolute Gasteiger partial charge is 0.368 e. The Hall–Kier alpha value is -1.36. The van der Waals surface area contributed by atoms with Crippen LogP contribution in [0.25, 0.3) is 0 Å². The molecule has 0 aliphatic carbocycles. The van der Waals surface area contributed by atoms with Crippen LogP contribution in [0.4, 0.5) is 5.82 Å². The summed E-state index contributed by atoms with van der Waals surface area (Å²) in [5, 5.41) is 6.17. The van der Waals surface area contributed by atoms with Crippen molar-refractivity contribution in [2.45, 2.75) is 19.9 Å². The molecular weight excluding hydrogens is 180 g/mol. The first-order valence-electron chi connectivity index (χ1n) is 4.61. The standard InChI is InChI=1S/C9H16N4O/c1-6(10-3)5-11-8-4-9(14)13-7(2)12-8/h4,6,10H,5H2,1-3H3,(H2,11,12,13,14). The lowest BCUT2D eigenvalue weighted by Gasteiger charge is -2.11. The molecule has 0 saturated heterocycles. The van der Waals surface area contributed by atoms with Crippen LogP contribution >= 0.6 is 0 Å². The Morgan fingerprint density at radius 2 is 2.36 bits per heavy atom. The second kappa shape index (κ2) is 4.76. The zero-order chi connectivity index (χ0) is 10.6. The summed E-state index contributed by atoms with van der Waals surface area (Å²) in [6, 6.07) is 1.80. The molecule has 0 fully saturated rings. The molecule has 3 N–H and O–H groups in total. The smallest absolute Gasteiger partial charge is 0.252 e. The lowest BCUT2D eigenvalue weighted by atomic mass is 10.3. The van der Waals surface area contributed by atoms with E-state index in [1.54, 1.807) is 6.92 Å². The molecule has 0 bridgehead atoms. The second-order valence-corrected chi connectivity index (χ2v) is 3.29. The normalized spacial score (nSPS) is 12.5. The number of nitrogens with zero attached hydrogens (tertiary/aromatic N) is 1. The van der Waals surface area contributed by atoms with Crippen molar-refractivity contribution in [3.05, 3.63) is 22.2 Å². The summed E-state index contributed by atoms with van der Waals surface area (Å²) in [7, 11) is 1.89. The van der Waals surface area contributed by atoms with E-state index in [2.05, 4.69) is 20.6 Å². The Morgan fingerprint density at radius 1 is 1.64 bits per heavy atom. The van der Waals surface area contributed by atoms with Gasteiger partial charge in [0.15, 0.2) is 0 Å². The van der Waals surface area contributed by atoms with Gasteiger partial charge in [-0.25, -0.2) is 4.98 Å². The number of hydrogen-bond acceptors (Lipinski definition) is 4. The highest BCUT2D eigenvalue weighted by atomic mass is 16.1. The SMILES string of the molecule is CNC(C)CNc1cc(=O)[nH]c(C)n1. The molecule has 0 saturated carbocycles. The summed E-state index contributed by atoms with van der Waals surface area (Å²) in [5.41, 5.74) is -0.128. The first-order valence-corrected chi connectivity index (χ1v) is 4.61. The van der Waals surface area contributed by atoms with Gasteiger partial charge in [0, 0.05) is 18.7 Å². The first kappa shape index (κ1) is 10.7. The zero-order valence-electron chi connectivity index (χ0n) is 8.72. The molecule has 0 aliphatic rings. The minimum absolute atomic E-state index is 0.128. The molecule has 1 aromatic heterocycles. The number of aromatic amines is 1. The summed E-state index contributed by atoms with van der Waals surface area (Å²) in [6.45, 7) is 4.55. The summed E-state index contributed by atoms with van der Waals surface area (Å²) >= 11 is 0. The maximum Gasteiger partial charge on any atom is 0.252 e. The predicted molar refractivity (Wildman–Crippen MR) is 56.6 cm³/mol. The quantitative estimate of drug-likeness (QED) is 0.638. The van der Waals surface area contributed by atoms with Crippen molar-refractivity contribution in [2.24, 2.45) is 0 Å². The lowest BCUT2D eigenvalue weighted by Crippen LogP contribution is -2.30. The van der Waals surface area contributed by atoms with Crippen LogP contribution in [0.3, 0.4) is 0 Å². The number of anilines is 1. The van der Waals surface area contributed by atoms with E-state index in [0.717, 1.165) is 6.54 Å². The van der Waals surface area contributed by atoms with Crippen molar-refractivity contribution in [3.8, 4) is 0 Å². The van der Waals surface area contributed by atoms with Gasteiger partial charge in [-0.05, 0) is 20.9 Å². The monoisotopic (exact) mass is 196 g/mol. The van der Waals surface area contributed by atoms with Crippen LogP contribution in [0.1, 0.15) is 12.7 Å². The summed E-state index contributed by atoms with van der Waals surface area (Å²) in [5.74, 6) is 1.24. The summed E-state index contributed by atoms with van der Waals surface area (Å²) in [4.78, 5) is 17.8. The molecule has 5 heteroatoms. The van der Waals surface area contributed by atoms with Crippen LogP contribution in [0, 0.1) is 6.92 Å². The maximum atomic E-state index is 11.1. The number of H-pyrrole nitrogens is 1. The Labute approximate surface area is 83.0 Å². The maximum absolute atomic E-state index is 11.1. The fourth-order valence-electron chi connectivity index (χ4n) is 1.03. The molecule has 1 heterocycles. The Kier molecular flexibility index (Phi) is 3.64. The van der Waals surface area contributed by atoms with E-state index in [4.69, 9.17) is 0 Å². The number of rotatable bonds is 4. The highest BCUT2D eigenvalue weighted by Gasteiger charge is 2.00. The molecule has 0 spiro atoms. The minimum Gasteiger partial charge on any atom is -0.368 e. The van der Waals surface area contributed by atoms with Crippen molar-refractivity contribution in [1.82, 2.24) is 15.3 Å². The van der Waals surface area contributed by atoms with Crippen molar-refractivity contribution < 1.29 is 0 Å². The second-order valence-electron chi connectivity index (χ2n) is 3.29.